The quantitative estimate of drug-likeness (QED) is 0.427. The average Bonchev–Trinajstić information content (AvgIpc) is 3.44. The van der Waals surface area contributed by atoms with E-state index in [4.69, 9.17) is 4.42 Å². The summed E-state index contributed by atoms with van der Waals surface area (Å²) in [4.78, 5) is 20.5. The molecule has 148 valence electrons. The lowest BCUT2D eigenvalue weighted by Crippen LogP contribution is -2.31. The van der Waals surface area contributed by atoms with E-state index in [0.29, 0.717) is 6.42 Å². The highest BCUT2D eigenvalue weighted by Crippen LogP contribution is 2.30. The van der Waals surface area contributed by atoms with Gasteiger partial charge in [-0.1, -0.05) is 60.7 Å². The largest absolute Gasteiger partial charge is 0.464 e. The Labute approximate surface area is 173 Å². The van der Waals surface area contributed by atoms with E-state index in [1.807, 2.05) is 54.6 Å². The van der Waals surface area contributed by atoms with Gasteiger partial charge in [0.05, 0.1) is 18.7 Å². The average molecular weight is 395 g/mol. The highest BCUT2D eigenvalue weighted by Gasteiger charge is 2.19. The van der Waals surface area contributed by atoms with Gasteiger partial charge in [-0.15, -0.1) is 0 Å². The maximum absolute atomic E-state index is 13.0. The molecule has 0 aliphatic carbocycles. The molecule has 0 fully saturated rings. The first-order valence-electron chi connectivity index (χ1n) is 9.98. The van der Waals surface area contributed by atoms with Gasteiger partial charge < -0.3 is 14.7 Å². The van der Waals surface area contributed by atoms with E-state index in [9.17, 15) is 4.79 Å². The Morgan fingerprint density at radius 2 is 1.87 bits per heavy atom. The van der Waals surface area contributed by atoms with Gasteiger partial charge in [-0.2, -0.15) is 0 Å². The van der Waals surface area contributed by atoms with Crippen LogP contribution >= 0.6 is 0 Å². The minimum Gasteiger partial charge on any atom is -0.464 e. The number of nitrogens with one attached hydrogen (secondary N) is 2. The fraction of sp³-hybridized carbons (Fsp3) is 0.120. The zero-order valence-corrected chi connectivity index (χ0v) is 16.3. The molecule has 5 heteroatoms. The van der Waals surface area contributed by atoms with Gasteiger partial charge in [-0.3, -0.25) is 4.79 Å². The van der Waals surface area contributed by atoms with Crippen molar-refractivity contribution in [3.8, 4) is 0 Å². The van der Waals surface area contributed by atoms with E-state index in [2.05, 4.69) is 27.4 Å². The molecule has 0 saturated carbocycles. The third-order valence-electron chi connectivity index (χ3n) is 5.38. The number of amides is 1. The molecule has 5 nitrogen and oxygen atoms in total. The van der Waals surface area contributed by atoms with Crippen LogP contribution in [-0.2, 0) is 17.6 Å². The molecule has 1 amide bonds. The van der Waals surface area contributed by atoms with Gasteiger partial charge in [0.15, 0.2) is 0 Å². The van der Waals surface area contributed by atoms with Gasteiger partial charge in [-0.25, -0.2) is 4.98 Å². The summed E-state index contributed by atoms with van der Waals surface area (Å²) in [6, 6.07) is 22.0. The van der Waals surface area contributed by atoms with Crippen LogP contribution in [0.4, 0.5) is 0 Å². The minimum atomic E-state index is -0.167. The molecule has 0 spiro atoms. The normalized spacial score (nSPS) is 12.3. The van der Waals surface area contributed by atoms with Crippen LogP contribution in [0.15, 0.2) is 89.8 Å². The van der Waals surface area contributed by atoms with Crippen molar-refractivity contribution in [2.75, 3.05) is 0 Å². The summed E-state index contributed by atoms with van der Waals surface area (Å²) in [5.41, 5.74) is 2.74. The van der Waals surface area contributed by atoms with E-state index in [-0.39, 0.29) is 18.4 Å². The highest BCUT2D eigenvalue weighted by atomic mass is 16.3. The fourth-order valence-corrected chi connectivity index (χ4v) is 3.96. The van der Waals surface area contributed by atoms with Crippen molar-refractivity contribution in [1.29, 1.82) is 0 Å². The summed E-state index contributed by atoms with van der Waals surface area (Å²) in [5, 5.41) is 6.42. The maximum atomic E-state index is 13.0. The molecule has 0 radical (unpaired) electrons. The summed E-state index contributed by atoms with van der Waals surface area (Å²) in [6.07, 6.45) is 6.06. The van der Waals surface area contributed by atoms with Crippen LogP contribution in [-0.4, -0.2) is 15.9 Å². The molecular formula is C25H21N3O2. The van der Waals surface area contributed by atoms with Gasteiger partial charge in [0.25, 0.3) is 0 Å². The first-order chi connectivity index (χ1) is 14.8. The van der Waals surface area contributed by atoms with Gasteiger partial charge in [-0.05, 0) is 22.4 Å². The number of nitrogens with zero attached hydrogens (tertiary/aromatic N) is 1. The first kappa shape index (κ1) is 18.2. The zero-order chi connectivity index (χ0) is 20.3. The van der Waals surface area contributed by atoms with Gasteiger partial charge >= 0.3 is 0 Å². The molecular weight excluding hydrogens is 374 g/mol. The smallest absolute Gasteiger partial charge is 0.225 e. The number of H-pyrrole nitrogens is 1. The second kappa shape index (κ2) is 7.87. The van der Waals surface area contributed by atoms with Crippen LogP contribution < -0.4 is 5.32 Å². The Morgan fingerprint density at radius 1 is 1.03 bits per heavy atom. The predicted octanol–water partition coefficient (Wildman–Crippen LogP) is 4.95. The Bertz CT molecular complexity index is 1290. The second-order valence-corrected chi connectivity index (χ2v) is 7.37. The van der Waals surface area contributed by atoms with Crippen molar-refractivity contribution in [2.24, 2.45) is 0 Å². The van der Waals surface area contributed by atoms with Gasteiger partial charge in [0.2, 0.25) is 5.91 Å². The Hall–Kier alpha value is -3.86. The lowest BCUT2D eigenvalue weighted by atomic mass is 10.0. The topological polar surface area (TPSA) is 70.9 Å². The number of carbonyl (C=O) groups is 1. The molecule has 2 N–H and O–H groups in total. The monoisotopic (exact) mass is 395 g/mol. The molecule has 1 unspecified atom stereocenters. The lowest BCUT2D eigenvalue weighted by molar-refractivity contribution is -0.121. The summed E-state index contributed by atoms with van der Waals surface area (Å²) in [7, 11) is 0. The van der Waals surface area contributed by atoms with E-state index >= 15 is 0 Å². The molecule has 2 heterocycles. The third-order valence-corrected chi connectivity index (χ3v) is 5.38. The maximum Gasteiger partial charge on any atom is 0.225 e. The number of carbonyl (C=O) groups excluding carboxylic acids is 1. The zero-order valence-electron chi connectivity index (χ0n) is 16.3. The summed E-state index contributed by atoms with van der Waals surface area (Å²) in [5.74, 6) is 0.787. The summed E-state index contributed by atoms with van der Waals surface area (Å²) in [6.45, 7) is 0. The van der Waals surface area contributed by atoms with E-state index in [1.54, 1.807) is 18.7 Å². The Balaban J connectivity index is 1.42. The van der Waals surface area contributed by atoms with Crippen LogP contribution in [0.3, 0.4) is 0 Å². The van der Waals surface area contributed by atoms with Crippen molar-refractivity contribution in [3.05, 3.63) is 102 Å². The number of aromatic nitrogens is 2. The van der Waals surface area contributed by atoms with Crippen molar-refractivity contribution in [3.63, 3.8) is 0 Å². The van der Waals surface area contributed by atoms with Gasteiger partial charge in [0, 0.05) is 29.8 Å². The van der Waals surface area contributed by atoms with Crippen LogP contribution in [0.25, 0.3) is 21.7 Å². The molecule has 1 atom stereocenters. The molecule has 3 aromatic carbocycles. The summed E-state index contributed by atoms with van der Waals surface area (Å²) >= 11 is 0. The third kappa shape index (κ3) is 3.57. The SMILES string of the molecule is O=C(Cc1coc2ccc3ccccc3c12)NC(Cc1ncc[nH]1)c1ccccc1. The molecule has 0 saturated heterocycles. The van der Waals surface area contributed by atoms with E-state index < -0.39 is 0 Å². The first-order valence-corrected chi connectivity index (χ1v) is 9.98. The highest BCUT2D eigenvalue weighted by molar-refractivity contribution is 6.08. The van der Waals surface area contributed by atoms with Crippen molar-refractivity contribution >= 4 is 27.6 Å². The molecule has 0 aliphatic rings. The second-order valence-electron chi connectivity index (χ2n) is 7.37. The molecule has 0 aliphatic heterocycles. The number of imidazole rings is 1. The van der Waals surface area contributed by atoms with E-state index in [1.165, 1.54) is 0 Å². The number of rotatable bonds is 6. The lowest BCUT2D eigenvalue weighted by Gasteiger charge is -2.18. The molecule has 5 aromatic rings. The Kier molecular flexibility index (Phi) is 4.77. The molecule has 5 rings (SSSR count). The number of hydrogen-bond acceptors (Lipinski definition) is 3. The number of aromatic amines is 1. The minimum absolute atomic E-state index is 0.0500. The van der Waals surface area contributed by atoms with Crippen LogP contribution in [0, 0.1) is 0 Å². The fourth-order valence-electron chi connectivity index (χ4n) is 3.96. The summed E-state index contributed by atoms with van der Waals surface area (Å²) < 4.78 is 5.74. The number of hydrogen-bond donors (Lipinski definition) is 2. The number of benzene rings is 3. The number of furan rings is 1. The van der Waals surface area contributed by atoms with Crippen molar-refractivity contribution in [1.82, 2.24) is 15.3 Å². The Morgan fingerprint density at radius 3 is 2.70 bits per heavy atom. The molecule has 2 aromatic heterocycles. The standard InChI is InChI=1S/C25H21N3O2/c29-24(28-21(15-23-26-12-13-27-23)18-7-2-1-3-8-18)14-19-16-30-22-11-10-17-6-4-5-9-20(17)25(19)22/h1-13,16,21H,14-15H2,(H,26,27)(H,28,29). The van der Waals surface area contributed by atoms with Crippen molar-refractivity contribution in [2.45, 2.75) is 18.9 Å². The van der Waals surface area contributed by atoms with Crippen LogP contribution in [0.5, 0.6) is 0 Å². The molecule has 30 heavy (non-hydrogen) atoms. The van der Waals surface area contributed by atoms with Crippen LogP contribution in [0.1, 0.15) is 23.0 Å². The number of fused-ring (bicyclic) bond motifs is 3. The van der Waals surface area contributed by atoms with Gasteiger partial charge in [0.1, 0.15) is 11.4 Å². The van der Waals surface area contributed by atoms with E-state index in [0.717, 1.165) is 38.7 Å². The van der Waals surface area contributed by atoms with Crippen molar-refractivity contribution < 1.29 is 9.21 Å². The molecule has 0 bridgehead atoms. The van der Waals surface area contributed by atoms with Crippen LogP contribution in [0.2, 0.25) is 0 Å². The predicted molar refractivity (Wildman–Crippen MR) is 117 cm³/mol.